The molecule has 0 aliphatic heterocycles. The SMILES string of the molecule is CCN(CC)C(=O)Oc1ccccc1-c1ccc2ccccc2c1. The first-order valence-corrected chi connectivity index (χ1v) is 8.28. The van der Waals surface area contributed by atoms with Crippen molar-refractivity contribution < 1.29 is 9.53 Å². The van der Waals surface area contributed by atoms with Gasteiger partial charge in [-0.3, -0.25) is 0 Å². The number of para-hydroxylation sites is 1. The van der Waals surface area contributed by atoms with E-state index in [0.29, 0.717) is 18.8 Å². The van der Waals surface area contributed by atoms with Gasteiger partial charge in [0, 0.05) is 18.7 Å². The van der Waals surface area contributed by atoms with Gasteiger partial charge in [-0.15, -0.1) is 0 Å². The maximum absolute atomic E-state index is 12.3. The summed E-state index contributed by atoms with van der Waals surface area (Å²) in [6.45, 7) is 5.15. The zero-order valence-corrected chi connectivity index (χ0v) is 14.0. The minimum atomic E-state index is -0.312. The predicted octanol–water partition coefficient (Wildman–Crippen LogP) is 5.35. The average molecular weight is 319 g/mol. The van der Waals surface area contributed by atoms with Crippen LogP contribution in [-0.4, -0.2) is 24.1 Å². The summed E-state index contributed by atoms with van der Waals surface area (Å²) < 4.78 is 5.64. The maximum atomic E-state index is 12.3. The third kappa shape index (κ3) is 3.25. The van der Waals surface area contributed by atoms with Gasteiger partial charge in [-0.1, -0.05) is 54.6 Å². The molecule has 0 aliphatic rings. The number of hydrogen-bond donors (Lipinski definition) is 0. The van der Waals surface area contributed by atoms with E-state index in [0.717, 1.165) is 11.1 Å². The second kappa shape index (κ2) is 7.18. The molecule has 1 amide bonds. The van der Waals surface area contributed by atoms with Crippen LogP contribution in [-0.2, 0) is 0 Å². The molecule has 0 atom stereocenters. The summed E-state index contributed by atoms with van der Waals surface area (Å²) >= 11 is 0. The van der Waals surface area contributed by atoms with Gasteiger partial charge in [0.15, 0.2) is 0 Å². The first kappa shape index (κ1) is 16.1. The van der Waals surface area contributed by atoms with Crippen LogP contribution < -0.4 is 4.74 Å². The molecule has 0 aromatic heterocycles. The minimum absolute atomic E-state index is 0.312. The molecule has 122 valence electrons. The Balaban J connectivity index is 1.97. The van der Waals surface area contributed by atoms with E-state index in [2.05, 4.69) is 30.3 Å². The second-order valence-corrected chi connectivity index (χ2v) is 5.60. The van der Waals surface area contributed by atoms with Crippen LogP contribution in [0.15, 0.2) is 66.7 Å². The van der Waals surface area contributed by atoms with Gasteiger partial charge in [0.05, 0.1) is 0 Å². The molecule has 3 rings (SSSR count). The normalized spacial score (nSPS) is 10.6. The van der Waals surface area contributed by atoms with Gasteiger partial charge < -0.3 is 9.64 Å². The Hall–Kier alpha value is -2.81. The van der Waals surface area contributed by atoms with Gasteiger partial charge in [0.25, 0.3) is 0 Å². The van der Waals surface area contributed by atoms with Crippen LogP contribution in [0.2, 0.25) is 0 Å². The smallest absolute Gasteiger partial charge is 0.410 e. The highest BCUT2D eigenvalue weighted by molar-refractivity contribution is 5.88. The summed E-state index contributed by atoms with van der Waals surface area (Å²) in [4.78, 5) is 13.9. The zero-order valence-electron chi connectivity index (χ0n) is 14.0. The molecule has 0 aliphatic carbocycles. The van der Waals surface area contributed by atoms with Crippen molar-refractivity contribution in [2.75, 3.05) is 13.1 Å². The number of nitrogens with zero attached hydrogens (tertiary/aromatic N) is 1. The summed E-state index contributed by atoms with van der Waals surface area (Å²) in [5, 5.41) is 2.36. The zero-order chi connectivity index (χ0) is 16.9. The third-order valence-corrected chi connectivity index (χ3v) is 4.17. The van der Waals surface area contributed by atoms with Gasteiger partial charge >= 0.3 is 6.09 Å². The lowest BCUT2D eigenvalue weighted by Crippen LogP contribution is -2.33. The van der Waals surface area contributed by atoms with Crippen LogP contribution >= 0.6 is 0 Å². The molecular weight excluding hydrogens is 298 g/mol. The highest BCUT2D eigenvalue weighted by atomic mass is 16.6. The number of fused-ring (bicyclic) bond motifs is 1. The highest BCUT2D eigenvalue weighted by Gasteiger charge is 2.15. The number of amides is 1. The van der Waals surface area contributed by atoms with Crippen molar-refractivity contribution in [2.45, 2.75) is 13.8 Å². The number of benzene rings is 3. The fourth-order valence-corrected chi connectivity index (χ4v) is 2.79. The number of ether oxygens (including phenoxy) is 1. The Labute approximate surface area is 142 Å². The lowest BCUT2D eigenvalue weighted by molar-refractivity contribution is 0.157. The molecule has 0 N–H and O–H groups in total. The minimum Gasteiger partial charge on any atom is -0.410 e. The van der Waals surface area contributed by atoms with E-state index in [4.69, 9.17) is 4.74 Å². The molecule has 3 aromatic carbocycles. The van der Waals surface area contributed by atoms with Crippen LogP contribution in [0.5, 0.6) is 5.75 Å². The lowest BCUT2D eigenvalue weighted by atomic mass is 10.0. The Morgan fingerprint density at radius 1 is 0.875 bits per heavy atom. The molecule has 0 fully saturated rings. The summed E-state index contributed by atoms with van der Waals surface area (Å²) in [6.07, 6.45) is -0.312. The van der Waals surface area contributed by atoms with Gasteiger partial charge in [0.2, 0.25) is 0 Å². The Morgan fingerprint density at radius 3 is 2.29 bits per heavy atom. The highest BCUT2D eigenvalue weighted by Crippen LogP contribution is 2.32. The molecule has 0 heterocycles. The molecule has 0 saturated heterocycles. The molecule has 3 nitrogen and oxygen atoms in total. The van der Waals surface area contributed by atoms with Crippen LogP contribution in [0, 0.1) is 0 Å². The first-order valence-electron chi connectivity index (χ1n) is 8.28. The number of carbonyl (C=O) groups is 1. The van der Waals surface area contributed by atoms with Crippen molar-refractivity contribution in [3.8, 4) is 16.9 Å². The van der Waals surface area contributed by atoms with E-state index < -0.39 is 0 Å². The van der Waals surface area contributed by atoms with E-state index >= 15 is 0 Å². The second-order valence-electron chi connectivity index (χ2n) is 5.60. The molecule has 0 radical (unpaired) electrons. The number of rotatable bonds is 4. The van der Waals surface area contributed by atoms with E-state index in [-0.39, 0.29) is 6.09 Å². The van der Waals surface area contributed by atoms with E-state index in [9.17, 15) is 4.79 Å². The molecule has 0 saturated carbocycles. The van der Waals surface area contributed by atoms with Crippen molar-refractivity contribution >= 4 is 16.9 Å². The largest absolute Gasteiger partial charge is 0.415 e. The molecule has 3 heteroatoms. The molecule has 0 unspecified atom stereocenters. The molecule has 0 bridgehead atoms. The van der Waals surface area contributed by atoms with Gasteiger partial charge in [-0.2, -0.15) is 0 Å². The summed E-state index contributed by atoms with van der Waals surface area (Å²) in [6, 6.07) is 22.2. The number of carbonyl (C=O) groups excluding carboxylic acids is 1. The quantitative estimate of drug-likeness (QED) is 0.649. The number of hydrogen-bond acceptors (Lipinski definition) is 2. The van der Waals surface area contributed by atoms with Crippen molar-refractivity contribution in [2.24, 2.45) is 0 Å². The predicted molar refractivity (Wildman–Crippen MR) is 98.3 cm³/mol. The van der Waals surface area contributed by atoms with Crippen molar-refractivity contribution in [1.82, 2.24) is 4.90 Å². The summed E-state index contributed by atoms with van der Waals surface area (Å²) in [7, 11) is 0. The Kier molecular flexibility index (Phi) is 4.80. The van der Waals surface area contributed by atoms with Crippen LogP contribution in [0.1, 0.15) is 13.8 Å². The lowest BCUT2D eigenvalue weighted by Gasteiger charge is -2.19. The Morgan fingerprint density at radius 2 is 1.54 bits per heavy atom. The van der Waals surface area contributed by atoms with Crippen molar-refractivity contribution in [1.29, 1.82) is 0 Å². The summed E-state index contributed by atoms with van der Waals surface area (Å²) in [5.74, 6) is 0.588. The average Bonchev–Trinajstić information content (AvgIpc) is 2.63. The third-order valence-electron chi connectivity index (χ3n) is 4.17. The van der Waals surface area contributed by atoms with E-state index in [1.165, 1.54) is 10.8 Å². The fourth-order valence-electron chi connectivity index (χ4n) is 2.79. The topological polar surface area (TPSA) is 29.5 Å². The van der Waals surface area contributed by atoms with Gasteiger partial charge in [-0.05, 0) is 42.3 Å². The molecule has 24 heavy (non-hydrogen) atoms. The van der Waals surface area contributed by atoms with Crippen molar-refractivity contribution in [3.63, 3.8) is 0 Å². The van der Waals surface area contributed by atoms with Crippen LogP contribution in [0.25, 0.3) is 21.9 Å². The maximum Gasteiger partial charge on any atom is 0.415 e. The van der Waals surface area contributed by atoms with Gasteiger partial charge in [0.1, 0.15) is 5.75 Å². The molecule has 0 spiro atoms. The molecule has 3 aromatic rings. The van der Waals surface area contributed by atoms with Crippen LogP contribution in [0.3, 0.4) is 0 Å². The Bertz CT molecular complexity index is 853. The first-order chi connectivity index (χ1) is 11.7. The summed E-state index contributed by atoms with van der Waals surface area (Å²) in [5.41, 5.74) is 1.96. The van der Waals surface area contributed by atoms with Crippen molar-refractivity contribution in [3.05, 3.63) is 66.7 Å². The fraction of sp³-hybridized carbons (Fsp3) is 0.190. The van der Waals surface area contributed by atoms with E-state index in [1.807, 2.05) is 50.2 Å². The molecular formula is C21H21NO2. The van der Waals surface area contributed by atoms with Crippen LogP contribution in [0.4, 0.5) is 4.79 Å². The van der Waals surface area contributed by atoms with E-state index in [1.54, 1.807) is 4.90 Å². The standard InChI is InChI=1S/C21H21NO2/c1-3-22(4-2)21(23)24-20-12-8-7-11-19(20)18-14-13-16-9-5-6-10-17(16)15-18/h5-15H,3-4H2,1-2H3. The van der Waals surface area contributed by atoms with Gasteiger partial charge in [-0.25, -0.2) is 4.79 Å². The monoisotopic (exact) mass is 319 g/mol.